The number of anilines is 1. The molecule has 1 N–H and O–H groups in total. The van der Waals surface area contributed by atoms with Gasteiger partial charge in [0.2, 0.25) is 0 Å². The van der Waals surface area contributed by atoms with Crippen molar-refractivity contribution in [2.45, 2.75) is 52.0 Å². The average molecular weight is 288 g/mol. The fourth-order valence-electron chi connectivity index (χ4n) is 3.04. The molecular formula is C17H24N2S. The van der Waals surface area contributed by atoms with Gasteiger partial charge in [-0.3, -0.25) is 4.99 Å². The van der Waals surface area contributed by atoms with Gasteiger partial charge < -0.3 is 5.32 Å². The number of aryl methyl sites for hydroxylation is 2. The predicted molar refractivity (Wildman–Crippen MR) is 89.8 cm³/mol. The molecule has 3 rings (SSSR count). The van der Waals surface area contributed by atoms with E-state index in [9.17, 15) is 0 Å². The Bertz CT molecular complexity index is 528. The Hall–Kier alpha value is -0.960. The largest absolute Gasteiger partial charge is 0.335 e. The summed E-state index contributed by atoms with van der Waals surface area (Å²) in [5.74, 6) is 2.05. The summed E-state index contributed by atoms with van der Waals surface area (Å²) < 4.78 is 0. The minimum Gasteiger partial charge on any atom is -0.335 e. The van der Waals surface area contributed by atoms with Crippen LogP contribution in [-0.2, 0) is 0 Å². The maximum atomic E-state index is 5.03. The van der Waals surface area contributed by atoms with Crippen molar-refractivity contribution in [3.8, 4) is 0 Å². The molecule has 1 aliphatic heterocycles. The Kier molecular flexibility index (Phi) is 3.80. The lowest BCUT2D eigenvalue weighted by Crippen LogP contribution is -2.32. The van der Waals surface area contributed by atoms with Crippen LogP contribution in [0.3, 0.4) is 0 Å². The van der Waals surface area contributed by atoms with Crippen molar-refractivity contribution < 1.29 is 0 Å². The molecule has 108 valence electrons. The summed E-state index contributed by atoms with van der Waals surface area (Å²) in [7, 11) is 0. The molecule has 1 saturated carbocycles. The number of hydrogen-bond acceptors (Lipinski definition) is 3. The third kappa shape index (κ3) is 2.88. The van der Waals surface area contributed by atoms with Crippen molar-refractivity contribution in [1.82, 2.24) is 0 Å². The lowest BCUT2D eigenvalue weighted by atomic mass is 9.79. The van der Waals surface area contributed by atoms with E-state index in [4.69, 9.17) is 4.99 Å². The highest BCUT2D eigenvalue weighted by molar-refractivity contribution is 8.14. The van der Waals surface area contributed by atoms with E-state index in [0.29, 0.717) is 0 Å². The summed E-state index contributed by atoms with van der Waals surface area (Å²) in [5, 5.41) is 4.62. The minimum absolute atomic E-state index is 0.235. The van der Waals surface area contributed by atoms with Gasteiger partial charge in [0.25, 0.3) is 0 Å². The molecule has 0 atom stereocenters. The SMILES string of the molecule is Cc1ccc(NC2=NC3(CCC(C)CC3)CS2)cc1C. The second kappa shape index (κ2) is 5.44. The second-order valence-electron chi connectivity index (χ2n) is 6.54. The highest BCUT2D eigenvalue weighted by Crippen LogP contribution is 2.41. The molecule has 1 spiro atoms. The molecule has 0 saturated heterocycles. The highest BCUT2D eigenvalue weighted by atomic mass is 32.2. The number of thioether (sulfide) groups is 1. The van der Waals surface area contributed by atoms with E-state index in [2.05, 4.69) is 44.3 Å². The molecule has 1 heterocycles. The topological polar surface area (TPSA) is 24.4 Å². The van der Waals surface area contributed by atoms with Gasteiger partial charge in [-0.2, -0.15) is 0 Å². The van der Waals surface area contributed by atoms with Crippen molar-refractivity contribution >= 4 is 22.6 Å². The van der Waals surface area contributed by atoms with E-state index >= 15 is 0 Å². The Morgan fingerprint density at radius 2 is 1.95 bits per heavy atom. The number of rotatable bonds is 1. The van der Waals surface area contributed by atoms with Gasteiger partial charge in [0.05, 0.1) is 5.54 Å². The minimum atomic E-state index is 0.235. The summed E-state index contributed by atoms with van der Waals surface area (Å²) in [6.45, 7) is 6.68. The molecule has 1 aliphatic carbocycles. The molecule has 1 fully saturated rings. The number of nitrogens with one attached hydrogen (secondary N) is 1. The van der Waals surface area contributed by atoms with Crippen molar-refractivity contribution in [2.75, 3.05) is 11.1 Å². The molecule has 1 aromatic rings. The Morgan fingerprint density at radius 1 is 1.20 bits per heavy atom. The van der Waals surface area contributed by atoms with Crippen molar-refractivity contribution in [1.29, 1.82) is 0 Å². The number of hydrogen-bond donors (Lipinski definition) is 1. The Labute approximate surface area is 126 Å². The maximum Gasteiger partial charge on any atom is 0.161 e. The van der Waals surface area contributed by atoms with Crippen LogP contribution in [0.25, 0.3) is 0 Å². The standard InChI is InChI=1S/C17H24N2S/c1-12-6-8-17(9-7-12)11-20-16(19-17)18-15-5-4-13(2)14(3)10-15/h4-5,10,12H,6-9,11H2,1-3H3,(H,18,19). The molecule has 0 amide bonds. The summed E-state index contributed by atoms with van der Waals surface area (Å²) in [5.41, 5.74) is 4.08. The number of aliphatic imine (C=N–C) groups is 1. The zero-order chi connectivity index (χ0) is 14.2. The first-order valence-corrected chi connectivity index (χ1v) is 8.62. The van der Waals surface area contributed by atoms with Crippen LogP contribution in [0.1, 0.15) is 43.7 Å². The van der Waals surface area contributed by atoms with Crippen LogP contribution in [0.5, 0.6) is 0 Å². The number of benzene rings is 1. The van der Waals surface area contributed by atoms with Crippen LogP contribution in [0.4, 0.5) is 5.69 Å². The first kappa shape index (κ1) is 14.0. The molecule has 2 nitrogen and oxygen atoms in total. The van der Waals surface area contributed by atoms with E-state index in [0.717, 1.165) is 16.8 Å². The zero-order valence-corrected chi connectivity index (χ0v) is 13.5. The molecule has 20 heavy (non-hydrogen) atoms. The van der Waals surface area contributed by atoms with Gasteiger partial charge >= 0.3 is 0 Å². The highest BCUT2D eigenvalue weighted by Gasteiger charge is 2.38. The quantitative estimate of drug-likeness (QED) is 0.805. The van der Waals surface area contributed by atoms with Crippen LogP contribution in [0, 0.1) is 19.8 Å². The van der Waals surface area contributed by atoms with Crippen LogP contribution >= 0.6 is 11.8 Å². The van der Waals surface area contributed by atoms with Crippen molar-refractivity contribution in [3.05, 3.63) is 29.3 Å². The number of amidine groups is 1. The normalized spacial score (nSPS) is 29.6. The third-order valence-corrected chi connectivity index (χ3v) is 5.93. The monoisotopic (exact) mass is 288 g/mol. The third-order valence-electron chi connectivity index (χ3n) is 4.78. The van der Waals surface area contributed by atoms with Crippen molar-refractivity contribution in [2.24, 2.45) is 10.9 Å². The summed E-state index contributed by atoms with van der Waals surface area (Å²) in [4.78, 5) is 5.03. The van der Waals surface area contributed by atoms with Crippen LogP contribution < -0.4 is 5.32 Å². The number of nitrogens with zero attached hydrogens (tertiary/aromatic N) is 1. The van der Waals surface area contributed by atoms with Gasteiger partial charge in [-0.15, -0.1) is 0 Å². The van der Waals surface area contributed by atoms with Gasteiger partial charge in [-0.25, -0.2) is 0 Å². The van der Waals surface area contributed by atoms with Gasteiger partial charge in [0, 0.05) is 11.4 Å². The van der Waals surface area contributed by atoms with Gasteiger partial charge in [-0.1, -0.05) is 24.8 Å². The van der Waals surface area contributed by atoms with E-state index < -0.39 is 0 Å². The van der Waals surface area contributed by atoms with E-state index in [1.54, 1.807) is 0 Å². The Balaban J connectivity index is 1.71. The fourth-order valence-corrected chi connectivity index (χ4v) is 4.25. The summed E-state index contributed by atoms with van der Waals surface area (Å²) in [6.07, 6.45) is 5.19. The molecule has 2 aliphatic rings. The molecule has 3 heteroatoms. The second-order valence-corrected chi connectivity index (χ2v) is 7.50. The lowest BCUT2D eigenvalue weighted by Gasteiger charge is -2.32. The summed E-state index contributed by atoms with van der Waals surface area (Å²) >= 11 is 1.89. The van der Waals surface area contributed by atoms with Crippen LogP contribution in [0.15, 0.2) is 23.2 Å². The summed E-state index contributed by atoms with van der Waals surface area (Å²) in [6, 6.07) is 6.54. The lowest BCUT2D eigenvalue weighted by molar-refractivity contribution is 0.273. The van der Waals surface area contributed by atoms with Gasteiger partial charge in [0.1, 0.15) is 0 Å². The zero-order valence-electron chi connectivity index (χ0n) is 12.7. The van der Waals surface area contributed by atoms with Crippen LogP contribution in [-0.4, -0.2) is 16.5 Å². The predicted octanol–water partition coefficient (Wildman–Crippen LogP) is 4.77. The van der Waals surface area contributed by atoms with E-state index in [-0.39, 0.29) is 5.54 Å². The molecule has 0 radical (unpaired) electrons. The van der Waals surface area contributed by atoms with E-state index in [1.165, 1.54) is 42.5 Å². The first-order valence-electron chi connectivity index (χ1n) is 7.63. The van der Waals surface area contributed by atoms with Crippen molar-refractivity contribution in [3.63, 3.8) is 0 Å². The smallest absolute Gasteiger partial charge is 0.161 e. The fraction of sp³-hybridized carbons (Fsp3) is 0.588. The molecule has 0 unspecified atom stereocenters. The first-order chi connectivity index (χ1) is 9.56. The van der Waals surface area contributed by atoms with Gasteiger partial charge in [0.15, 0.2) is 5.17 Å². The van der Waals surface area contributed by atoms with Gasteiger partial charge in [-0.05, 0) is 68.7 Å². The average Bonchev–Trinajstić information content (AvgIpc) is 2.81. The maximum absolute atomic E-state index is 5.03. The molecule has 1 aromatic carbocycles. The van der Waals surface area contributed by atoms with E-state index in [1.807, 2.05) is 11.8 Å². The molecule has 0 bridgehead atoms. The molecule has 0 aromatic heterocycles. The van der Waals surface area contributed by atoms with Crippen LogP contribution in [0.2, 0.25) is 0 Å². The Morgan fingerprint density at radius 3 is 2.65 bits per heavy atom. The molecular weight excluding hydrogens is 264 g/mol.